The van der Waals surface area contributed by atoms with Crippen LogP contribution < -0.4 is 11.1 Å². The Hall–Kier alpha value is -1.71. The van der Waals surface area contributed by atoms with Gasteiger partial charge in [0.05, 0.1) is 0 Å². The molecule has 1 aromatic rings. The van der Waals surface area contributed by atoms with Crippen LogP contribution in [-0.2, 0) is 13.0 Å². The molecule has 0 saturated carbocycles. The summed E-state index contributed by atoms with van der Waals surface area (Å²) < 4.78 is 0. The first-order chi connectivity index (χ1) is 7.22. The van der Waals surface area contributed by atoms with Gasteiger partial charge >= 0.3 is 6.03 Å². The van der Waals surface area contributed by atoms with E-state index in [-0.39, 0.29) is 6.03 Å². The van der Waals surface area contributed by atoms with Crippen molar-refractivity contribution in [2.24, 2.45) is 0 Å². The van der Waals surface area contributed by atoms with Crippen molar-refractivity contribution in [2.45, 2.75) is 13.0 Å². The van der Waals surface area contributed by atoms with Gasteiger partial charge in [0.1, 0.15) is 0 Å². The maximum atomic E-state index is 11.4. The first-order valence-corrected chi connectivity index (χ1v) is 5.05. The Kier molecular flexibility index (Phi) is 2.49. The maximum absolute atomic E-state index is 11.4. The summed E-state index contributed by atoms with van der Waals surface area (Å²) in [5.74, 6) is 0. The largest absolute Gasteiger partial charge is 0.398 e. The summed E-state index contributed by atoms with van der Waals surface area (Å²) in [6, 6.07) is 5.85. The van der Waals surface area contributed by atoms with Gasteiger partial charge in [-0.05, 0) is 23.6 Å². The van der Waals surface area contributed by atoms with Crippen LogP contribution in [-0.4, -0.2) is 24.5 Å². The van der Waals surface area contributed by atoms with Crippen LogP contribution in [0.25, 0.3) is 0 Å². The molecule has 1 heterocycles. The van der Waals surface area contributed by atoms with Crippen molar-refractivity contribution in [3.63, 3.8) is 0 Å². The number of benzene rings is 1. The molecule has 0 radical (unpaired) electrons. The number of rotatable bonds is 0. The fraction of sp³-hybridized carbons (Fsp3) is 0.364. The highest BCUT2D eigenvalue weighted by Gasteiger charge is 2.20. The van der Waals surface area contributed by atoms with Crippen LogP contribution in [0.4, 0.5) is 10.5 Å². The molecule has 0 bridgehead atoms. The molecule has 0 atom stereocenters. The number of hydrogen-bond donors (Lipinski definition) is 2. The predicted molar refractivity (Wildman–Crippen MR) is 59.4 cm³/mol. The lowest BCUT2D eigenvalue weighted by atomic mass is 9.98. The van der Waals surface area contributed by atoms with Gasteiger partial charge in [0, 0.05) is 25.8 Å². The molecule has 2 amide bonds. The summed E-state index contributed by atoms with van der Waals surface area (Å²) in [5.41, 5.74) is 9.06. The van der Waals surface area contributed by atoms with Gasteiger partial charge in [0.25, 0.3) is 0 Å². The van der Waals surface area contributed by atoms with E-state index >= 15 is 0 Å². The number of carbonyl (C=O) groups is 1. The second-order valence-corrected chi connectivity index (χ2v) is 3.71. The number of nitrogens with one attached hydrogen (secondary N) is 1. The Morgan fingerprint density at radius 2 is 2.33 bits per heavy atom. The van der Waals surface area contributed by atoms with E-state index in [1.165, 1.54) is 5.56 Å². The van der Waals surface area contributed by atoms with E-state index in [4.69, 9.17) is 5.73 Å². The van der Waals surface area contributed by atoms with E-state index in [9.17, 15) is 4.79 Å². The zero-order valence-corrected chi connectivity index (χ0v) is 8.79. The van der Waals surface area contributed by atoms with Crippen LogP contribution in [0, 0.1) is 0 Å². The number of amides is 2. The SMILES string of the molecule is CNC(=O)N1CCc2c(N)cccc2C1. The Bertz CT molecular complexity index is 389. The highest BCUT2D eigenvalue weighted by Crippen LogP contribution is 2.23. The number of hydrogen-bond acceptors (Lipinski definition) is 2. The lowest BCUT2D eigenvalue weighted by Crippen LogP contribution is -2.41. The smallest absolute Gasteiger partial charge is 0.317 e. The molecule has 15 heavy (non-hydrogen) atoms. The van der Waals surface area contributed by atoms with Gasteiger partial charge in [-0.15, -0.1) is 0 Å². The van der Waals surface area contributed by atoms with E-state index in [0.717, 1.165) is 24.2 Å². The summed E-state index contributed by atoms with van der Waals surface area (Å²) in [6.07, 6.45) is 0.843. The molecular weight excluding hydrogens is 190 g/mol. The minimum absolute atomic E-state index is 0.0249. The van der Waals surface area contributed by atoms with E-state index in [2.05, 4.69) is 5.32 Å². The predicted octanol–water partition coefficient (Wildman–Crippen LogP) is 0.966. The van der Waals surface area contributed by atoms with Crippen molar-refractivity contribution in [1.82, 2.24) is 10.2 Å². The van der Waals surface area contributed by atoms with Gasteiger partial charge < -0.3 is 16.0 Å². The van der Waals surface area contributed by atoms with E-state index in [0.29, 0.717) is 6.54 Å². The highest BCUT2D eigenvalue weighted by molar-refractivity contribution is 5.74. The molecule has 80 valence electrons. The molecule has 1 aliphatic rings. The second kappa shape index (κ2) is 3.81. The number of nitrogens with zero attached hydrogens (tertiary/aromatic N) is 1. The maximum Gasteiger partial charge on any atom is 0.317 e. The average Bonchev–Trinajstić information content (AvgIpc) is 2.28. The quantitative estimate of drug-likeness (QED) is 0.620. The molecule has 3 N–H and O–H groups in total. The van der Waals surface area contributed by atoms with Crippen molar-refractivity contribution >= 4 is 11.7 Å². The lowest BCUT2D eigenvalue weighted by Gasteiger charge is -2.29. The number of anilines is 1. The molecule has 0 saturated heterocycles. The third-order valence-electron chi connectivity index (χ3n) is 2.80. The van der Waals surface area contributed by atoms with Crippen molar-refractivity contribution in [2.75, 3.05) is 19.3 Å². The monoisotopic (exact) mass is 205 g/mol. The van der Waals surface area contributed by atoms with Crippen LogP contribution in [0.2, 0.25) is 0 Å². The highest BCUT2D eigenvalue weighted by atomic mass is 16.2. The van der Waals surface area contributed by atoms with Gasteiger partial charge in [-0.1, -0.05) is 12.1 Å². The van der Waals surface area contributed by atoms with E-state index < -0.39 is 0 Å². The van der Waals surface area contributed by atoms with Crippen molar-refractivity contribution < 1.29 is 4.79 Å². The number of nitrogens with two attached hydrogens (primary N) is 1. The standard InChI is InChI=1S/C11H15N3O/c1-13-11(15)14-6-5-9-8(7-14)3-2-4-10(9)12/h2-4H,5-7,12H2,1H3,(H,13,15). The molecule has 0 aromatic heterocycles. The minimum atomic E-state index is -0.0249. The summed E-state index contributed by atoms with van der Waals surface area (Å²) >= 11 is 0. The molecule has 1 aromatic carbocycles. The third kappa shape index (κ3) is 1.75. The Labute approximate surface area is 89.1 Å². The normalized spacial score (nSPS) is 14.6. The number of urea groups is 1. The first kappa shape index (κ1) is 9.83. The summed E-state index contributed by atoms with van der Waals surface area (Å²) in [4.78, 5) is 13.2. The Balaban J connectivity index is 2.24. The topological polar surface area (TPSA) is 58.4 Å². The van der Waals surface area contributed by atoms with Crippen molar-refractivity contribution in [1.29, 1.82) is 0 Å². The van der Waals surface area contributed by atoms with Gasteiger partial charge in [0.2, 0.25) is 0 Å². The molecular formula is C11H15N3O. The molecule has 4 nitrogen and oxygen atoms in total. The zero-order valence-electron chi connectivity index (χ0n) is 8.79. The summed E-state index contributed by atoms with van der Waals surface area (Å²) in [5, 5.41) is 2.64. The van der Waals surface area contributed by atoms with Gasteiger partial charge in [-0.25, -0.2) is 4.79 Å². The molecule has 1 aliphatic heterocycles. The average molecular weight is 205 g/mol. The van der Waals surface area contributed by atoms with Crippen LogP contribution in [0.5, 0.6) is 0 Å². The molecule has 0 spiro atoms. The van der Waals surface area contributed by atoms with E-state index in [1.54, 1.807) is 11.9 Å². The summed E-state index contributed by atoms with van der Waals surface area (Å²) in [7, 11) is 1.65. The van der Waals surface area contributed by atoms with Crippen molar-refractivity contribution in [3.05, 3.63) is 29.3 Å². The second-order valence-electron chi connectivity index (χ2n) is 3.71. The minimum Gasteiger partial charge on any atom is -0.398 e. The first-order valence-electron chi connectivity index (χ1n) is 5.05. The molecule has 0 fully saturated rings. The van der Waals surface area contributed by atoms with E-state index in [1.807, 2.05) is 18.2 Å². The summed E-state index contributed by atoms with van der Waals surface area (Å²) in [6.45, 7) is 1.39. The van der Waals surface area contributed by atoms with Crippen LogP contribution in [0.3, 0.4) is 0 Å². The Morgan fingerprint density at radius 1 is 1.53 bits per heavy atom. The van der Waals surface area contributed by atoms with Gasteiger partial charge in [0.15, 0.2) is 0 Å². The van der Waals surface area contributed by atoms with Crippen LogP contribution in [0.15, 0.2) is 18.2 Å². The fourth-order valence-corrected chi connectivity index (χ4v) is 1.97. The van der Waals surface area contributed by atoms with Gasteiger partial charge in [-0.3, -0.25) is 0 Å². The van der Waals surface area contributed by atoms with Crippen LogP contribution in [0.1, 0.15) is 11.1 Å². The number of carbonyl (C=O) groups excluding carboxylic acids is 1. The zero-order chi connectivity index (χ0) is 10.8. The fourth-order valence-electron chi connectivity index (χ4n) is 1.97. The van der Waals surface area contributed by atoms with Crippen molar-refractivity contribution in [3.8, 4) is 0 Å². The lowest BCUT2D eigenvalue weighted by molar-refractivity contribution is 0.195. The van der Waals surface area contributed by atoms with Gasteiger partial charge in [-0.2, -0.15) is 0 Å². The number of nitrogen functional groups attached to an aromatic ring is 1. The Morgan fingerprint density at radius 3 is 3.07 bits per heavy atom. The molecule has 2 rings (SSSR count). The number of fused-ring (bicyclic) bond motifs is 1. The molecule has 0 unspecified atom stereocenters. The van der Waals surface area contributed by atoms with Crippen LogP contribution >= 0.6 is 0 Å². The molecule has 4 heteroatoms. The third-order valence-corrected chi connectivity index (χ3v) is 2.80. The molecule has 0 aliphatic carbocycles.